The number of hydrogen-bond acceptors (Lipinski definition) is 7. The zero-order valence-corrected chi connectivity index (χ0v) is 15.1. The van der Waals surface area contributed by atoms with Crippen molar-refractivity contribution in [3.05, 3.63) is 42.2 Å². The van der Waals surface area contributed by atoms with Crippen LogP contribution in [0, 0.1) is 0 Å². The molecule has 1 atom stereocenters. The summed E-state index contributed by atoms with van der Waals surface area (Å²) < 4.78 is 49.2. The number of rotatable bonds is 4. The van der Waals surface area contributed by atoms with Gasteiger partial charge in [-0.3, -0.25) is 9.48 Å². The molecule has 1 aliphatic heterocycles. The normalized spacial score (nSPS) is 17.0. The highest BCUT2D eigenvalue weighted by Crippen LogP contribution is 2.29. The van der Waals surface area contributed by atoms with E-state index in [1.807, 2.05) is 0 Å². The molecule has 0 aromatic carbocycles. The lowest BCUT2D eigenvalue weighted by molar-refractivity contribution is -0.159. The molecule has 1 unspecified atom stereocenters. The Hall–Kier alpha value is -3.44. The number of carbonyl (C=O) groups excluding carboxylic acids is 1. The largest absolute Gasteiger partial charge is 0.472 e. The molecule has 4 heterocycles. The van der Waals surface area contributed by atoms with E-state index in [-0.39, 0.29) is 29.3 Å². The van der Waals surface area contributed by atoms with Crippen LogP contribution in [0.3, 0.4) is 0 Å². The van der Waals surface area contributed by atoms with Gasteiger partial charge in [-0.2, -0.15) is 23.3 Å². The maximum Gasteiger partial charge on any atom is 0.471 e. The van der Waals surface area contributed by atoms with Crippen LogP contribution in [-0.2, 0) is 13.2 Å². The zero-order chi connectivity index (χ0) is 20.6. The Morgan fingerprint density at radius 1 is 1.31 bits per heavy atom. The molecule has 1 aliphatic rings. The van der Waals surface area contributed by atoms with E-state index in [9.17, 15) is 18.0 Å². The quantitative estimate of drug-likeness (QED) is 0.652. The van der Waals surface area contributed by atoms with Gasteiger partial charge < -0.3 is 14.2 Å². The number of ether oxygens (including phenoxy) is 1. The van der Waals surface area contributed by atoms with Gasteiger partial charge in [0, 0.05) is 44.0 Å². The lowest BCUT2D eigenvalue weighted by atomic mass is 10.2. The van der Waals surface area contributed by atoms with Gasteiger partial charge >= 0.3 is 12.1 Å². The van der Waals surface area contributed by atoms with Crippen LogP contribution in [0.15, 0.2) is 35.1 Å². The monoisotopic (exact) mass is 408 g/mol. The summed E-state index contributed by atoms with van der Waals surface area (Å²) in [6.07, 6.45) is -1.33. The Balaban J connectivity index is 1.37. The van der Waals surface area contributed by atoms with Gasteiger partial charge in [0.25, 0.3) is 5.91 Å². The first-order chi connectivity index (χ1) is 13.8. The summed E-state index contributed by atoms with van der Waals surface area (Å²) in [7, 11) is 1.74. The summed E-state index contributed by atoms with van der Waals surface area (Å²) in [5.74, 6) is -1.52. The molecule has 3 aromatic heterocycles. The number of amides is 1. The molecule has 152 valence electrons. The van der Waals surface area contributed by atoms with E-state index in [1.54, 1.807) is 28.9 Å². The fraction of sp³-hybridized carbons (Fsp3) is 0.353. The van der Waals surface area contributed by atoms with Crippen molar-refractivity contribution in [2.75, 3.05) is 13.1 Å². The van der Waals surface area contributed by atoms with E-state index >= 15 is 0 Å². The molecule has 1 saturated heterocycles. The predicted molar refractivity (Wildman–Crippen MR) is 90.7 cm³/mol. The number of nitrogens with zero attached hydrogens (tertiary/aromatic N) is 6. The maximum absolute atomic E-state index is 12.5. The summed E-state index contributed by atoms with van der Waals surface area (Å²) in [6, 6.07) is 4.64. The Kier molecular flexibility index (Phi) is 4.68. The number of aryl methyl sites for hydroxylation is 1. The fourth-order valence-corrected chi connectivity index (χ4v) is 2.91. The van der Waals surface area contributed by atoms with E-state index < -0.39 is 12.1 Å². The van der Waals surface area contributed by atoms with Gasteiger partial charge in [0.05, 0.1) is 6.54 Å². The second-order valence-corrected chi connectivity index (χ2v) is 6.46. The number of alkyl halides is 3. The van der Waals surface area contributed by atoms with Crippen LogP contribution >= 0.6 is 0 Å². The molecule has 0 bridgehead atoms. The van der Waals surface area contributed by atoms with Crippen LogP contribution in [0.2, 0.25) is 0 Å². The van der Waals surface area contributed by atoms with Crippen molar-refractivity contribution in [2.24, 2.45) is 7.05 Å². The number of likely N-dealkylation sites (tertiary alicyclic amines) is 1. The van der Waals surface area contributed by atoms with Gasteiger partial charge in [-0.05, 0) is 12.1 Å². The maximum atomic E-state index is 12.5. The molecule has 0 N–H and O–H groups in total. The van der Waals surface area contributed by atoms with Crippen LogP contribution in [-0.4, -0.2) is 54.9 Å². The number of aromatic nitrogens is 5. The van der Waals surface area contributed by atoms with Crippen LogP contribution in [0.1, 0.15) is 22.8 Å². The first kappa shape index (κ1) is 18.9. The van der Waals surface area contributed by atoms with Crippen molar-refractivity contribution >= 4 is 5.91 Å². The van der Waals surface area contributed by atoms with Gasteiger partial charge in [0.2, 0.25) is 11.7 Å². The molecule has 0 saturated carbocycles. The van der Waals surface area contributed by atoms with E-state index in [0.717, 1.165) is 0 Å². The minimum Gasteiger partial charge on any atom is -0.472 e. The van der Waals surface area contributed by atoms with Gasteiger partial charge in [0.1, 0.15) is 11.8 Å². The van der Waals surface area contributed by atoms with E-state index in [1.165, 1.54) is 18.3 Å². The standard InChI is InChI=1S/C17H15F3N6O3/c1-25-6-5-12(23-25)15(27)26-7-4-11(9-26)28-13-3-2-10(8-21-13)14-22-16(29-24-14)17(18,19)20/h2-3,5-6,8,11H,4,7,9H2,1H3. The summed E-state index contributed by atoms with van der Waals surface area (Å²) in [4.78, 5) is 21.4. The van der Waals surface area contributed by atoms with Crippen LogP contribution in [0.5, 0.6) is 5.88 Å². The first-order valence-electron chi connectivity index (χ1n) is 8.62. The molecule has 0 aliphatic carbocycles. The third kappa shape index (κ3) is 4.05. The molecule has 3 aromatic rings. The van der Waals surface area contributed by atoms with Crippen LogP contribution < -0.4 is 4.74 Å². The van der Waals surface area contributed by atoms with Crippen molar-refractivity contribution in [2.45, 2.75) is 18.7 Å². The SMILES string of the molecule is Cn1ccc(C(=O)N2CCC(Oc3ccc(-c4noc(C(F)(F)F)n4)cn3)C2)n1. The highest BCUT2D eigenvalue weighted by atomic mass is 19.4. The van der Waals surface area contributed by atoms with Crippen molar-refractivity contribution in [1.29, 1.82) is 0 Å². The van der Waals surface area contributed by atoms with Gasteiger partial charge in [-0.25, -0.2) is 4.98 Å². The summed E-state index contributed by atoms with van der Waals surface area (Å²) in [5.41, 5.74) is 0.629. The Bertz CT molecular complexity index is 1010. The smallest absolute Gasteiger partial charge is 0.471 e. The summed E-state index contributed by atoms with van der Waals surface area (Å²) >= 11 is 0. The van der Waals surface area contributed by atoms with Crippen LogP contribution in [0.4, 0.5) is 13.2 Å². The number of pyridine rings is 1. The second-order valence-electron chi connectivity index (χ2n) is 6.46. The molecule has 0 spiro atoms. The van der Waals surface area contributed by atoms with Gasteiger partial charge in [-0.15, -0.1) is 0 Å². The first-order valence-corrected chi connectivity index (χ1v) is 8.62. The zero-order valence-electron chi connectivity index (χ0n) is 15.1. The number of halogens is 3. The molecule has 1 fully saturated rings. The minimum absolute atomic E-state index is 0.169. The Morgan fingerprint density at radius 2 is 2.14 bits per heavy atom. The van der Waals surface area contributed by atoms with E-state index in [4.69, 9.17) is 4.74 Å². The van der Waals surface area contributed by atoms with E-state index in [2.05, 4.69) is 24.7 Å². The highest BCUT2D eigenvalue weighted by molar-refractivity contribution is 5.92. The number of hydrogen-bond donors (Lipinski definition) is 0. The van der Waals surface area contributed by atoms with Crippen molar-refractivity contribution in [3.63, 3.8) is 0 Å². The molecule has 12 heteroatoms. The number of carbonyl (C=O) groups is 1. The highest BCUT2D eigenvalue weighted by Gasteiger charge is 2.38. The van der Waals surface area contributed by atoms with Crippen molar-refractivity contribution < 1.29 is 27.2 Å². The second kappa shape index (κ2) is 7.18. The Morgan fingerprint density at radius 3 is 2.76 bits per heavy atom. The molecule has 0 radical (unpaired) electrons. The molecule has 9 nitrogen and oxygen atoms in total. The van der Waals surface area contributed by atoms with Gasteiger partial charge in [-0.1, -0.05) is 5.16 Å². The third-order valence-corrected chi connectivity index (χ3v) is 4.32. The molecule has 29 heavy (non-hydrogen) atoms. The molecule has 1 amide bonds. The summed E-state index contributed by atoms with van der Waals surface area (Å²) in [5, 5.41) is 7.41. The van der Waals surface area contributed by atoms with Crippen molar-refractivity contribution in [1.82, 2.24) is 29.8 Å². The third-order valence-electron chi connectivity index (χ3n) is 4.32. The van der Waals surface area contributed by atoms with Crippen molar-refractivity contribution in [3.8, 4) is 17.3 Å². The van der Waals surface area contributed by atoms with E-state index in [0.29, 0.717) is 25.2 Å². The fourth-order valence-electron chi connectivity index (χ4n) is 2.91. The average molecular weight is 408 g/mol. The predicted octanol–water partition coefficient (Wildman–Crippen LogP) is 2.18. The average Bonchev–Trinajstić information content (AvgIpc) is 3.42. The lowest BCUT2D eigenvalue weighted by Gasteiger charge is -2.15. The molecule has 4 rings (SSSR count). The summed E-state index contributed by atoms with van der Waals surface area (Å²) in [6.45, 7) is 0.917. The Labute approximate surface area is 162 Å². The molecular weight excluding hydrogens is 393 g/mol. The van der Waals surface area contributed by atoms with Crippen LogP contribution in [0.25, 0.3) is 11.4 Å². The lowest BCUT2D eigenvalue weighted by Crippen LogP contribution is -2.31. The van der Waals surface area contributed by atoms with Gasteiger partial charge in [0.15, 0.2) is 0 Å². The molecular formula is C17H15F3N6O3. The minimum atomic E-state index is -4.71. The topological polar surface area (TPSA) is 99.2 Å².